The molecule has 1 unspecified atom stereocenters. The van der Waals surface area contributed by atoms with E-state index in [1.54, 1.807) is 0 Å². The quantitative estimate of drug-likeness (QED) is 0.921. The Morgan fingerprint density at radius 3 is 2.68 bits per heavy atom. The zero-order chi connectivity index (χ0) is 17.1. The van der Waals surface area contributed by atoms with Crippen molar-refractivity contribution in [1.82, 2.24) is 20.4 Å². The van der Waals surface area contributed by atoms with Gasteiger partial charge in [0.15, 0.2) is 0 Å². The van der Waals surface area contributed by atoms with Crippen molar-refractivity contribution < 1.29 is 9.26 Å². The van der Waals surface area contributed by atoms with Gasteiger partial charge in [0.05, 0.1) is 18.8 Å². The van der Waals surface area contributed by atoms with Gasteiger partial charge in [-0.15, -0.1) is 0 Å². The zero-order valence-electron chi connectivity index (χ0n) is 14.8. The fourth-order valence-corrected chi connectivity index (χ4v) is 3.58. The molecular formula is C19H26N4O2. The number of hydrogen-bond acceptors (Lipinski definition) is 6. The molecule has 2 aromatic rings. The van der Waals surface area contributed by atoms with Crippen molar-refractivity contribution in [2.24, 2.45) is 0 Å². The summed E-state index contributed by atoms with van der Waals surface area (Å²) in [6, 6.07) is 8.48. The predicted octanol–water partition coefficient (Wildman–Crippen LogP) is 2.56. The molecule has 2 aliphatic rings. The minimum atomic E-state index is -0.195. The molecule has 6 nitrogen and oxygen atoms in total. The molecule has 1 N–H and O–H groups in total. The Morgan fingerprint density at radius 2 is 1.96 bits per heavy atom. The first kappa shape index (κ1) is 16.7. The van der Waals surface area contributed by atoms with Gasteiger partial charge in [0, 0.05) is 25.2 Å². The number of benzene rings is 1. The van der Waals surface area contributed by atoms with Gasteiger partial charge in [-0.2, -0.15) is 4.98 Å². The molecule has 6 heteroatoms. The molecule has 1 aromatic carbocycles. The maximum absolute atomic E-state index is 5.57. The summed E-state index contributed by atoms with van der Waals surface area (Å²) in [5, 5.41) is 7.72. The summed E-state index contributed by atoms with van der Waals surface area (Å²) in [5.41, 5.74) is 2.11. The molecule has 3 heterocycles. The van der Waals surface area contributed by atoms with Crippen LogP contribution in [0.25, 0.3) is 11.4 Å². The number of nitrogens with one attached hydrogen (secondary N) is 1. The summed E-state index contributed by atoms with van der Waals surface area (Å²) < 4.78 is 11.0. The molecule has 1 aromatic heterocycles. The summed E-state index contributed by atoms with van der Waals surface area (Å²) in [4.78, 5) is 7.07. The minimum Gasteiger partial charge on any atom is -0.379 e. The minimum absolute atomic E-state index is 0.195. The number of ether oxygens (including phenoxy) is 1. The lowest BCUT2D eigenvalue weighted by Crippen LogP contribution is -2.43. The van der Waals surface area contributed by atoms with Crippen LogP contribution in [-0.4, -0.2) is 47.9 Å². The Kier molecular flexibility index (Phi) is 4.83. The summed E-state index contributed by atoms with van der Waals surface area (Å²) >= 11 is 0. The maximum Gasteiger partial charge on any atom is 0.246 e. The molecule has 0 radical (unpaired) electrons. The van der Waals surface area contributed by atoms with E-state index in [1.807, 2.05) is 0 Å². The molecule has 0 spiro atoms. The molecule has 1 atom stereocenters. The van der Waals surface area contributed by atoms with Crippen molar-refractivity contribution in [3.63, 3.8) is 0 Å². The second-order valence-electron chi connectivity index (χ2n) is 7.22. The number of rotatable bonds is 4. The SMILES string of the molecule is CC1(c2nc(-c3ccc(CN4CCOCC4)cc3)no2)CCCCN1. The fourth-order valence-electron chi connectivity index (χ4n) is 3.58. The van der Waals surface area contributed by atoms with E-state index >= 15 is 0 Å². The van der Waals surface area contributed by atoms with Gasteiger partial charge in [-0.1, -0.05) is 29.4 Å². The molecule has 134 valence electrons. The van der Waals surface area contributed by atoms with Gasteiger partial charge in [0.25, 0.3) is 0 Å². The van der Waals surface area contributed by atoms with E-state index in [4.69, 9.17) is 9.26 Å². The van der Waals surface area contributed by atoms with Crippen LogP contribution >= 0.6 is 0 Å². The Morgan fingerprint density at radius 1 is 1.16 bits per heavy atom. The van der Waals surface area contributed by atoms with E-state index in [9.17, 15) is 0 Å². The van der Waals surface area contributed by atoms with E-state index in [-0.39, 0.29) is 5.54 Å². The predicted molar refractivity (Wildman–Crippen MR) is 95.0 cm³/mol. The van der Waals surface area contributed by atoms with Crippen LogP contribution in [0.3, 0.4) is 0 Å². The zero-order valence-corrected chi connectivity index (χ0v) is 14.8. The van der Waals surface area contributed by atoms with Crippen molar-refractivity contribution in [3.05, 3.63) is 35.7 Å². The summed E-state index contributed by atoms with van der Waals surface area (Å²) in [7, 11) is 0. The van der Waals surface area contributed by atoms with E-state index in [0.29, 0.717) is 11.7 Å². The van der Waals surface area contributed by atoms with E-state index in [1.165, 1.54) is 18.4 Å². The average Bonchev–Trinajstić information content (AvgIpc) is 3.15. The molecule has 0 aliphatic carbocycles. The highest BCUT2D eigenvalue weighted by Gasteiger charge is 2.34. The molecule has 0 amide bonds. The molecular weight excluding hydrogens is 316 g/mol. The van der Waals surface area contributed by atoms with Crippen molar-refractivity contribution in [3.8, 4) is 11.4 Å². The van der Waals surface area contributed by atoms with Crippen molar-refractivity contribution in [2.75, 3.05) is 32.8 Å². The van der Waals surface area contributed by atoms with Gasteiger partial charge in [0.1, 0.15) is 0 Å². The first-order valence-electron chi connectivity index (χ1n) is 9.22. The molecule has 2 aliphatic heterocycles. The molecule has 2 fully saturated rings. The van der Waals surface area contributed by atoms with Gasteiger partial charge < -0.3 is 14.6 Å². The van der Waals surface area contributed by atoms with Gasteiger partial charge in [-0.05, 0) is 38.3 Å². The van der Waals surface area contributed by atoms with Crippen LogP contribution in [0.2, 0.25) is 0 Å². The maximum atomic E-state index is 5.57. The third kappa shape index (κ3) is 3.76. The van der Waals surface area contributed by atoms with Crippen molar-refractivity contribution >= 4 is 0 Å². The third-order valence-electron chi connectivity index (χ3n) is 5.24. The van der Waals surface area contributed by atoms with Crippen LogP contribution in [0.4, 0.5) is 0 Å². The Hall–Kier alpha value is -1.76. The highest BCUT2D eigenvalue weighted by molar-refractivity contribution is 5.54. The molecule has 0 saturated carbocycles. The second-order valence-corrected chi connectivity index (χ2v) is 7.22. The molecule has 25 heavy (non-hydrogen) atoms. The van der Waals surface area contributed by atoms with E-state index in [2.05, 4.69) is 51.5 Å². The van der Waals surface area contributed by atoms with Gasteiger partial charge in [0.2, 0.25) is 11.7 Å². The number of piperidine rings is 1. The summed E-state index contributed by atoms with van der Waals surface area (Å²) in [6.07, 6.45) is 3.44. The lowest BCUT2D eigenvalue weighted by Gasteiger charge is -2.31. The van der Waals surface area contributed by atoms with Crippen molar-refractivity contribution in [2.45, 2.75) is 38.3 Å². The lowest BCUT2D eigenvalue weighted by atomic mass is 9.91. The smallest absolute Gasteiger partial charge is 0.246 e. The van der Waals surface area contributed by atoms with Crippen LogP contribution in [0.5, 0.6) is 0 Å². The molecule has 0 bridgehead atoms. The Balaban J connectivity index is 1.45. The van der Waals surface area contributed by atoms with Crippen LogP contribution < -0.4 is 5.32 Å². The van der Waals surface area contributed by atoms with Gasteiger partial charge in [-0.3, -0.25) is 4.90 Å². The number of morpholine rings is 1. The summed E-state index contributed by atoms with van der Waals surface area (Å²) in [6.45, 7) is 7.78. The second kappa shape index (κ2) is 7.23. The fraction of sp³-hybridized carbons (Fsp3) is 0.579. The Labute approximate surface area is 148 Å². The van der Waals surface area contributed by atoms with Crippen LogP contribution in [0, 0.1) is 0 Å². The molecule has 2 saturated heterocycles. The lowest BCUT2D eigenvalue weighted by molar-refractivity contribution is 0.0342. The third-order valence-corrected chi connectivity index (χ3v) is 5.24. The monoisotopic (exact) mass is 342 g/mol. The highest BCUT2D eigenvalue weighted by Crippen LogP contribution is 2.30. The molecule has 4 rings (SSSR count). The number of aromatic nitrogens is 2. The van der Waals surface area contributed by atoms with E-state index in [0.717, 1.165) is 51.4 Å². The first-order valence-corrected chi connectivity index (χ1v) is 9.22. The van der Waals surface area contributed by atoms with E-state index < -0.39 is 0 Å². The van der Waals surface area contributed by atoms with Gasteiger partial charge in [-0.25, -0.2) is 0 Å². The van der Waals surface area contributed by atoms with Crippen molar-refractivity contribution in [1.29, 1.82) is 0 Å². The average molecular weight is 342 g/mol. The standard InChI is InChI=1S/C19H26N4O2/c1-19(8-2-3-9-20-19)18-21-17(22-25-18)16-6-4-15(5-7-16)14-23-10-12-24-13-11-23/h4-7,20H,2-3,8-14H2,1H3. The highest BCUT2D eigenvalue weighted by atomic mass is 16.5. The largest absolute Gasteiger partial charge is 0.379 e. The van der Waals surface area contributed by atoms with Crippen LogP contribution in [-0.2, 0) is 16.8 Å². The van der Waals surface area contributed by atoms with Crippen LogP contribution in [0.15, 0.2) is 28.8 Å². The van der Waals surface area contributed by atoms with Gasteiger partial charge >= 0.3 is 0 Å². The summed E-state index contributed by atoms with van der Waals surface area (Å²) in [5.74, 6) is 1.36. The normalized spacial score (nSPS) is 25.2. The number of nitrogens with zero attached hydrogens (tertiary/aromatic N) is 3. The van der Waals surface area contributed by atoms with Crippen LogP contribution in [0.1, 0.15) is 37.6 Å². The Bertz CT molecular complexity index is 686. The first-order chi connectivity index (χ1) is 12.2. The number of hydrogen-bond donors (Lipinski definition) is 1. The topological polar surface area (TPSA) is 63.4 Å².